The summed E-state index contributed by atoms with van der Waals surface area (Å²) in [5.74, 6) is 0.505. The molecule has 0 radical (unpaired) electrons. The van der Waals surface area contributed by atoms with E-state index in [1.54, 1.807) is 7.11 Å². The largest absolute Gasteiger partial charge is 0.496 e. The van der Waals surface area contributed by atoms with Crippen LogP contribution in [0.15, 0.2) is 24.3 Å². The molecule has 0 saturated heterocycles. The molecule has 0 aliphatic carbocycles. The summed E-state index contributed by atoms with van der Waals surface area (Å²) in [5, 5.41) is 0. The van der Waals surface area contributed by atoms with Crippen molar-refractivity contribution in [1.29, 1.82) is 0 Å². The van der Waals surface area contributed by atoms with E-state index in [1.165, 1.54) is 0 Å². The van der Waals surface area contributed by atoms with Gasteiger partial charge >= 0.3 is 5.97 Å². The van der Waals surface area contributed by atoms with Crippen LogP contribution in [0.1, 0.15) is 33.3 Å². The summed E-state index contributed by atoms with van der Waals surface area (Å²) >= 11 is 0. The zero-order chi connectivity index (χ0) is 14.5. The summed E-state index contributed by atoms with van der Waals surface area (Å²) in [5.41, 5.74) is 0.894. The van der Waals surface area contributed by atoms with Crippen molar-refractivity contribution in [1.82, 2.24) is 0 Å². The van der Waals surface area contributed by atoms with Gasteiger partial charge in [0, 0.05) is 0 Å². The second-order valence-electron chi connectivity index (χ2n) is 5.69. The topological polar surface area (TPSA) is 35.5 Å². The lowest BCUT2D eigenvalue weighted by Crippen LogP contribution is -2.32. The first-order chi connectivity index (χ1) is 8.90. The number of esters is 1. The fourth-order valence-electron chi connectivity index (χ4n) is 2.08. The minimum absolute atomic E-state index is 0.138. The molecule has 0 N–H and O–H groups in total. The van der Waals surface area contributed by atoms with Gasteiger partial charge in [-0.15, -0.1) is 0 Å². The molecule has 0 aliphatic heterocycles. The monoisotopic (exact) mass is 264 g/mol. The lowest BCUT2D eigenvalue weighted by Gasteiger charge is -2.29. The molecule has 0 spiro atoms. The molecule has 0 aromatic heterocycles. The number of carbonyl (C=O) groups is 1. The van der Waals surface area contributed by atoms with Crippen molar-refractivity contribution in [3.05, 3.63) is 29.8 Å². The Kier molecular flexibility index (Phi) is 5.40. The van der Waals surface area contributed by atoms with E-state index in [9.17, 15) is 4.79 Å². The fourth-order valence-corrected chi connectivity index (χ4v) is 2.08. The van der Waals surface area contributed by atoms with Gasteiger partial charge in [-0.25, -0.2) is 0 Å². The Morgan fingerprint density at radius 2 is 1.89 bits per heavy atom. The van der Waals surface area contributed by atoms with Crippen LogP contribution < -0.4 is 4.74 Å². The average molecular weight is 264 g/mol. The van der Waals surface area contributed by atoms with Crippen LogP contribution in [-0.4, -0.2) is 19.7 Å². The third-order valence-corrected chi connectivity index (χ3v) is 3.23. The maximum Gasteiger partial charge on any atom is 0.309 e. The Labute approximate surface area is 115 Å². The third kappa shape index (κ3) is 4.27. The first-order valence-corrected chi connectivity index (χ1v) is 6.68. The number of hydrogen-bond donors (Lipinski definition) is 0. The summed E-state index contributed by atoms with van der Waals surface area (Å²) in [4.78, 5) is 12.1. The number of carbonyl (C=O) groups excluding carboxylic acids is 1. The van der Waals surface area contributed by atoms with Crippen LogP contribution >= 0.6 is 0 Å². The summed E-state index contributed by atoms with van der Waals surface area (Å²) in [7, 11) is 1.65. The van der Waals surface area contributed by atoms with Gasteiger partial charge in [0.05, 0.1) is 19.6 Å². The molecule has 0 heterocycles. The number of para-hydroxylation sites is 1. The first-order valence-electron chi connectivity index (χ1n) is 6.68. The Morgan fingerprint density at radius 3 is 2.42 bits per heavy atom. The van der Waals surface area contributed by atoms with Gasteiger partial charge < -0.3 is 9.47 Å². The van der Waals surface area contributed by atoms with Gasteiger partial charge in [-0.2, -0.15) is 0 Å². The van der Waals surface area contributed by atoms with Gasteiger partial charge in [-0.05, 0) is 30.4 Å². The van der Waals surface area contributed by atoms with E-state index >= 15 is 0 Å². The number of rotatable bonds is 5. The zero-order valence-corrected chi connectivity index (χ0v) is 12.5. The normalized spacial score (nSPS) is 12.9. The lowest BCUT2D eigenvalue weighted by molar-refractivity contribution is -0.151. The molecule has 0 aliphatic rings. The van der Waals surface area contributed by atoms with Gasteiger partial charge in [-0.1, -0.05) is 39.0 Å². The maximum absolute atomic E-state index is 12.1. The fraction of sp³-hybridized carbons (Fsp3) is 0.562. The van der Waals surface area contributed by atoms with E-state index in [2.05, 4.69) is 20.8 Å². The highest BCUT2D eigenvalue weighted by Gasteiger charge is 2.33. The zero-order valence-electron chi connectivity index (χ0n) is 12.5. The Bertz CT molecular complexity index is 418. The van der Waals surface area contributed by atoms with Crippen molar-refractivity contribution in [2.24, 2.45) is 11.3 Å². The van der Waals surface area contributed by atoms with Crippen molar-refractivity contribution in [3.63, 3.8) is 0 Å². The molecular weight excluding hydrogens is 240 g/mol. The first kappa shape index (κ1) is 15.5. The molecule has 0 bridgehead atoms. The molecular formula is C16H24O3. The molecule has 1 rings (SSSR count). The highest BCUT2D eigenvalue weighted by atomic mass is 16.5. The van der Waals surface area contributed by atoms with Crippen molar-refractivity contribution >= 4 is 5.97 Å². The molecule has 0 fully saturated rings. The Balaban J connectivity index is 2.98. The second-order valence-corrected chi connectivity index (χ2v) is 5.69. The summed E-state index contributed by atoms with van der Waals surface area (Å²) < 4.78 is 10.5. The lowest BCUT2D eigenvalue weighted by atomic mass is 9.77. The minimum atomic E-state index is -0.177. The van der Waals surface area contributed by atoms with Crippen LogP contribution in [0.4, 0.5) is 0 Å². The number of ether oxygens (including phenoxy) is 2. The molecule has 106 valence electrons. The highest BCUT2D eigenvalue weighted by molar-refractivity contribution is 5.73. The third-order valence-electron chi connectivity index (χ3n) is 3.23. The Hall–Kier alpha value is -1.51. The quantitative estimate of drug-likeness (QED) is 0.764. The summed E-state index contributed by atoms with van der Waals surface area (Å²) in [6.45, 7) is 8.43. The Morgan fingerprint density at radius 1 is 1.26 bits per heavy atom. The van der Waals surface area contributed by atoms with Crippen molar-refractivity contribution < 1.29 is 14.3 Å². The van der Waals surface area contributed by atoms with E-state index in [0.29, 0.717) is 13.0 Å². The maximum atomic E-state index is 12.1. The molecule has 0 amide bonds. The minimum Gasteiger partial charge on any atom is -0.496 e. The second kappa shape index (κ2) is 6.60. The van der Waals surface area contributed by atoms with Gasteiger partial charge in [0.25, 0.3) is 0 Å². The van der Waals surface area contributed by atoms with Crippen LogP contribution in [0, 0.1) is 11.3 Å². The molecule has 1 atom stereocenters. The standard InChI is InChI=1S/C16H24O3/c1-6-19-15(17)13(16(2,3)4)11-12-9-7-8-10-14(12)18-5/h7-10,13H,6,11H2,1-5H3. The molecule has 1 aromatic rings. The van der Waals surface area contributed by atoms with Crippen LogP contribution in [0.5, 0.6) is 5.75 Å². The van der Waals surface area contributed by atoms with E-state index in [-0.39, 0.29) is 17.3 Å². The molecule has 3 nitrogen and oxygen atoms in total. The van der Waals surface area contributed by atoms with Crippen molar-refractivity contribution in [2.45, 2.75) is 34.1 Å². The van der Waals surface area contributed by atoms with E-state index < -0.39 is 0 Å². The molecule has 1 aromatic carbocycles. The van der Waals surface area contributed by atoms with Crippen LogP contribution in [-0.2, 0) is 16.0 Å². The van der Waals surface area contributed by atoms with E-state index in [1.807, 2.05) is 31.2 Å². The number of methoxy groups -OCH3 is 1. The molecule has 19 heavy (non-hydrogen) atoms. The molecule has 1 unspecified atom stereocenters. The highest BCUT2D eigenvalue weighted by Crippen LogP contribution is 2.32. The number of hydrogen-bond acceptors (Lipinski definition) is 3. The van der Waals surface area contributed by atoms with Gasteiger partial charge in [0.2, 0.25) is 0 Å². The predicted molar refractivity (Wildman–Crippen MR) is 76.3 cm³/mol. The number of benzene rings is 1. The van der Waals surface area contributed by atoms with Gasteiger partial charge in [0.15, 0.2) is 0 Å². The average Bonchev–Trinajstić information content (AvgIpc) is 2.35. The summed E-state index contributed by atoms with van der Waals surface area (Å²) in [6.07, 6.45) is 0.631. The van der Waals surface area contributed by atoms with Crippen molar-refractivity contribution in [3.8, 4) is 5.75 Å². The SMILES string of the molecule is CCOC(=O)C(Cc1ccccc1OC)C(C)(C)C. The van der Waals surface area contributed by atoms with Gasteiger partial charge in [0.1, 0.15) is 5.75 Å². The van der Waals surface area contributed by atoms with Gasteiger partial charge in [-0.3, -0.25) is 4.79 Å². The van der Waals surface area contributed by atoms with E-state index in [4.69, 9.17) is 9.47 Å². The molecule has 3 heteroatoms. The summed E-state index contributed by atoms with van der Waals surface area (Å²) in [6, 6.07) is 7.80. The van der Waals surface area contributed by atoms with Crippen LogP contribution in [0.25, 0.3) is 0 Å². The van der Waals surface area contributed by atoms with Crippen LogP contribution in [0.3, 0.4) is 0 Å². The predicted octanol–water partition coefficient (Wildman–Crippen LogP) is 3.46. The van der Waals surface area contributed by atoms with Crippen LogP contribution in [0.2, 0.25) is 0 Å². The van der Waals surface area contributed by atoms with Crippen molar-refractivity contribution in [2.75, 3.05) is 13.7 Å². The molecule has 0 saturated carbocycles. The smallest absolute Gasteiger partial charge is 0.309 e. The van der Waals surface area contributed by atoms with E-state index in [0.717, 1.165) is 11.3 Å².